The van der Waals surface area contributed by atoms with Gasteiger partial charge in [0.25, 0.3) is 0 Å². The minimum Gasteiger partial charge on any atom is -0.302 e. The summed E-state index contributed by atoms with van der Waals surface area (Å²) in [5.41, 5.74) is 4.16. The fourth-order valence-electron chi connectivity index (χ4n) is 2.75. The van der Waals surface area contributed by atoms with Crippen LogP contribution >= 0.6 is 11.8 Å². The van der Waals surface area contributed by atoms with Gasteiger partial charge in [-0.3, -0.25) is 4.79 Å². The molecule has 0 bridgehead atoms. The molecule has 1 aromatic heterocycles. The van der Waals surface area contributed by atoms with E-state index in [4.69, 9.17) is 0 Å². The van der Waals surface area contributed by atoms with Crippen LogP contribution in [0.5, 0.6) is 0 Å². The summed E-state index contributed by atoms with van der Waals surface area (Å²) in [5, 5.41) is 9.19. The van der Waals surface area contributed by atoms with Crippen molar-refractivity contribution in [1.29, 1.82) is 0 Å². The Balaban J connectivity index is 1.72. The normalized spacial score (nSPS) is 10.8. The smallest absolute Gasteiger partial charge is 0.191 e. The maximum absolute atomic E-state index is 12.5. The molecule has 0 aliphatic heterocycles. The van der Waals surface area contributed by atoms with Gasteiger partial charge >= 0.3 is 0 Å². The van der Waals surface area contributed by atoms with Crippen molar-refractivity contribution < 1.29 is 4.79 Å². The monoisotopic (exact) mass is 351 g/mol. The number of hydrogen-bond donors (Lipinski definition) is 0. The molecular weight excluding hydrogens is 330 g/mol. The zero-order valence-electron chi connectivity index (χ0n) is 14.7. The van der Waals surface area contributed by atoms with Crippen LogP contribution in [-0.2, 0) is 6.54 Å². The molecule has 1 heterocycles. The van der Waals surface area contributed by atoms with Crippen LogP contribution in [-0.4, -0.2) is 26.3 Å². The lowest BCUT2D eigenvalue weighted by Crippen LogP contribution is -2.08. The van der Waals surface area contributed by atoms with Gasteiger partial charge in [-0.15, -0.1) is 10.2 Å². The van der Waals surface area contributed by atoms with Crippen LogP contribution in [0.15, 0.2) is 53.7 Å². The van der Waals surface area contributed by atoms with Crippen molar-refractivity contribution in [3.8, 4) is 0 Å². The van der Waals surface area contributed by atoms with E-state index in [0.29, 0.717) is 12.3 Å². The molecule has 3 aromatic rings. The van der Waals surface area contributed by atoms with Gasteiger partial charge in [0.15, 0.2) is 10.9 Å². The zero-order chi connectivity index (χ0) is 17.8. The lowest BCUT2D eigenvalue weighted by Gasteiger charge is -2.09. The Morgan fingerprint density at radius 1 is 1.04 bits per heavy atom. The molecule has 0 N–H and O–H groups in total. The van der Waals surface area contributed by atoms with Crippen LogP contribution in [0.4, 0.5) is 0 Å². The first-order valence-electron chi connectivity index (χ1n) is 8.21. The number of nitrogens with zero attached hydrogens (tertiary/aromatic N) is 3. The third kappa shape index (κ3) is 4.17. The van der Waals surface area contributed by atoms with E-state index in [1.54, 1.807) is 0 Å². The number of Topliss-reactive ketones (excluding diaryl/α,β-unsaturated/α-hetero) is 1. The van der Waals surface area contributed by atoms with Crippen molar-refractivity contribution in [2.45, 2.75) is 32.5 Å². The Bertz CT molecular complexity index is 887. The number of thioether (sulfide) groups is 1. The first kappa shape index (κ1) is 17.4. The van der Waals surface area contributed by atoms with Crippen LogP contribution in [0.25, 0.3) is 0 Å². The number of aromatic nitrogens is 3. The second-order valence-electron chi connectivity index (χ2n) is 6.13. The SMILES string of the molecule is Cc1ccc(C(=O)CSc2nnc(C)n2Cc2ccccc2)c(C)c1. The van der Waals surface area contributed by atoms with Crippen LogP contribution in [0.1, 0.15) is 32.9 Å². The van der Waals surface area contributed by atoms with Crippen molar-refractivity contribution >= 4 is 17.5 Å². The van der Waals surface area contributed by atoms with Gasteiger partial charge in [0.2, 0.25) is 0 Å². The number of ketones is 1. The highest BCUT2D eigenvalue weighted by atomic mass is 32.2. The standard InChI is InChI=1S/C20H21N3OS/c1-14-9-10-18(15(2)11-14)19(24)13-25-20-22-21-16(3)23(20)12-17-7-5-4-6-8-17/h4-11H,12-13H2,1-3H3. The van der Waals surface area contributed by atoms with Gasteiger partial charge in [0.05, 0.1) is 12.3 Å². The summed E-state index contributed by atoms with van der Waals surface area (Å²) in [6.45, 7) is 6.66. The minimum atomic E-state index is 0.120. The highest BCUT2D eigenvalue weighted by molar-refractivity contribution is 7.99. The lowest BCUT2D eigenvalue weighted by molar-refractivity contribution is 0.102. The van der Waals surface area contributed by atoms with Crippen molar-refractivity contribution in [3.05, 3.63) is 76.6 Å². The minimum absolute atomic E-state index is 0.120. The average molecular weight is 351 g/mol. The molecule has 5 heteroatoms. The van der Waals surface area contributed by atoms with Crippen LogP contribution in [0.2, 0.25) is 0 Å². The summed E-state index contributed by atoms with van der Waals surface area (Å²) < 4.78 is 2.05. The topological polar surface area (TPSA) is 47.8 Å². The lowest BCUT2D eigenvalue weighted by atomic mass is 10.0. The fraction of sp³-hybridized carbons (Fsp3) is 0.250. The highest BCUT2D eigenvalue weighted by Crippen LogP contribution is 2.21. The van der Waals surface area contributed by atoms with E-state index >= 15 is 0 Å². The van der Waals surface area contributed by atoms with Gasteiger partial charge in [-0.2, -0.15) is 0 Å². The first-order valence-corrected chi connectivity index (χ1v) is 9.20. The summed E-state index contributed by atoms with van der Waals surface area (Å²) in [5.74, 6) is 1.33. The molecule has 128 valence electrons. The molecule has 2 aromatic carbocycles. The Morgan fingerprint density at radius 2 is 1.80 bits per heavy atom. The third-order valence-electron chi connectivity index (χ3n) is 4.10. The Kier molecular flexibility index (Phi) is 5.34. The summed E-state index contributed by atoms with van der Waals surface area (Å²) in [6.07, 6.45) is 0. The van der Waals surface area contributed by atoms with Crippen molar-refractivity contribution in [3.63, 3.8) is 0 Å². The van der Waals surface area contributed by atoms with Crippen molar-refractivity contribution in [1.82, 2.24) is 14.8 Å². The van der Waals surface area contributed by atoms with Crippen molar-refractivity contribution in [2.24, 2.45) is 0 Å². The predicted octanol–water partition coefficient (Wildman–Crippen LogP) is 4.23. The number of benzene rings is 2. The number of aryl methyl sites for hydroxylation is 3. The Morgan fingerprint density at radius 3 is 2.52 bits per heavy atom. The molecule has 0 saturated carbocycles. The molecule has 0 amide bonds. The number of hydrogen-bond acceptors (Lipinski definition) is 4. The van der Waals surface area contributed by atoms with Gasteiger partial charge in [-0.1, -0.05) is 65.9 Å². The number of carbonyl (C=O) groups excluding carboxylic acids is 1. The first-order chi connectivity index (χ1) is 12.0. The fourth-order valence-corrected chi connectivity index (χ4v) is 3.62. The average Bonchev–Trinajstić information content (AvgIpc) is 2.94. The highest BCUT2D eigenvalue weighted by Gasteiger charge is 2.14. The molecule has 0 aliphatic rings. The molecule has 25 heavy (non-hydrogen) atoms. The molecule has 0 aliphatic carbocycles. The van der Waals surface area contributed by atoms with E-state index in [-0.39, 0.29) is 5.78 Å². The van der Waals surface area contributed by atoms with Crippen LogP contribution in [0, 0.1) is 20.8 Å². The second kappa shape index (κ2) is 7.66. The number of carbonyl (C=O) groups is 1. The van der Waals surface area contributed by atoms with Crippen molar-refractivity contribution in [2.75, 3.05) is 5.75 Å². The zero-order valence-corrected chi connectivity index (χ0v) is 15.5. The molecule has 0 fully saturated rings. The molecule has 4 nitrogen and oxygen atoms in total. The van der Waals surface area contributed by atoms with Gasteiger partial charge in [0.1, 0.15) is 5.82 Å². The summed E-state index contributed by atoms with van der Waals surface area (Å²) in [6, 6.07) is 16.1. The Hall–Kier alpha value is -2.40. The summed E-state index contributed by atoms with van der Waals surface area (Å²) >= 11 is 1.44. The number of rotatable bonds is 6. The van der Waals surface area contributed by atoms with E-state index in [9.17, 15) is 4.79 Å². The maximum Gasteiger partial charge on any atom is 0.191 e. The molecule has 0 unspecified atom stereocenters. The molecule has 3 rings (SSSR count). The molecular formula is C20H21N3OS. The second-order valence-corrected chi connectivity index (χ2v) is 7.07. The molecule has 0 saturated heterocycles. The van der Waals surface area contributed by atoms with Gasteiger partial charge < -0.3 is 4.57 Å². The van der Waals surface area contributed by atoms with E-state index in [1.807, 2.05) is 57.2 Å². The summed E-state index contributed by atoms with van der Waals surface area (Å²) in [4.78, 5) is 12.5. The molecule has 0 radical (unpaired) electrons. The van der Waals surface area contributed by atoms with Gasteiger partial charge in [0, 0.05) is 5.56 Å². The Labute approximate surface area is 152 Å². The third-order valence-corrected chi connectivity index (χ3v) is 5.07. The largest absolute Gasteiger partial charge is 0.302 e. The molecule has 0 atom stereocenters. The van der Waals surface area contributed by atoms with E-state index in [0.717, 1.165) is 22.1 Å². The summed E-state index contributed by atoms with van der Waals surface area (Å²) in [7, 11) is 0. The predicted molar refractivity (Wildman–Crippen MR) is 101 cm³/mol. The van der Waals surface area contributed by atoms with Gasteiger partial charge in [-0.05, 0) is 31.9 Å². The quantitative estimate of drug-likeness (QED) is 0.493. The maximum atomic E-state index is 12.5. The van der Waals surface area contributed by atoms with E-state index in [1.165, 1.54) is 22.9 Å². The van der Waals surface area contributed by atoms with E-state index < -0.39 is 0 Å². The van der Waals surface area contributed by atoms with Crippen LogP contribution in [0.3, 0.4) is 0 Å². The van der Waals surface area contributed by atoms with Crippen LogP contribution < -0.4 is 0 Å². The van der Waals surface area contributed by atoms with Gasteiger partial charge in [-0.25, -0.2) is 0 Å². The van der Waals surface area contributed by atoms with E-state index in [2.05, 4.69) is 26.9 Å². The molecule has 0 spiro atoms.